The summed E-state index contributed by atoms with van der Waals surface area (Å²) >= 11 is 0. The first-order valence-corrected chi connectivity index (χ1v) is 11.5. The van der Waals surface area contributed by atoms with Crippen LogP contribution in [0.3, 0.4) is 0 Å². The molecule has 0 aliphatic carbocycles. The molecule has 7 heteroatoms. The van der Waals surface area contributed by atoms with Crippen molar-refractivity contribution >= 4 is 16.2 Å². The topological polar surface area (TPSA) is 74.4 Å². The number of ether oxygens (including phenoxy) is 3. The van der Waals surface area contributed by atoms with Gasteiger partial charge in [0.1, 0.15) is 28.2 Å². The van der Waals surface area contributed by atoms with E-state index in [1.54, 1.807) is 55.7 Å². The van der Waals surface area contributed by atoms with Crippen molar-refractivity contribution < 1.29 is 26.8 Å². The third kappa shape index (κ3) is 4.95. The lowest BCUT2D eigenvalue weighted by Gasteiger charge is -2.20. The van der Waals surface area contributed by atoms with Crippen LogP contribution in [0, 0.1) is 6.92 Å². The Morgan fingerprint density at radius 2 is 1.69 bits per heavy atom. The Labute approximate surface area is 188 Å². The largest absolute Gasteiger partial charge is 0.497 e. The van der Waals surface area contributed by atoms with Crippen molar-refractivity contribution in [3.63, 3.8) is 0 Å². The minimum absolute atomic E-state index is 0.0954. The molecule has 0 saturated carbocycles. The van der Waals surface area contributed by atoms with Crippen LogP contribution in [0.4, 0.5) is 0 Å². The minimum atomic E-state index is -3.91. The van der Waals surface area contributed by atoms with E-state index in [1.165, 1.54) is 12.1 Å². The third-order valence-corrected chi connectivity index (χ3v) is 6.38. The van der Waals surface area contributed by atoms with E-state index in [0.717, 1.165) is 16.7 Å². The minimum Gasteiger partial charge on any atom is -0.497 e. The summed E-state index contributed by atoms with van der Waals surface area (Å²) in [6, 6.07) is 18.8. The molecule has 1 saturated heterocycles. The van der Waals surface area contributed by atoms with Crippen molar-refractivity contribution in [3.05, 3.63) is 90.0 Å². The van der Waals surface area contributed by atoms with Gasteiger partial charge in [0.2, 0.25) is 0 Å². The van der Waals surface area contributed by atoms with Gasteiger partial charge >= 0.3 is 10.1 Å². The zero-order valence-electron chi connectivity index (χ0n) is 17.9. The summed E-state index contributed by atoms with van der Waals surface area (Å²) in [4.78, 5) is 0.106. The molecule has 1 heterocycles. The number of hydrogen-bond acceptors (Lipinski definition) is 6. The first kappa shape index (κ1) is 21.9. The smallest absolute Gasteiger partial charge is 0.339 e. The van der Waals surface area contributed by atoms with Crippen molar-refractivity contribution in [2.24, 2.45) is 0 Å². The fraction of sp³-hybridized carbons (Fsp3) is 0.200. The zero-order chi connectivity index (χ0) is 22.7. The summed E-state index contributed by atoms with van der Waals surface area (Å²) in [6.45, 7) is 6.31. The lowest BCUT2D eigenvalue weighted by molar-refractivity contribution is 0.160. The summed E-state index contributed by atoms with van der Waals surface area (Å²) in [5.41, 5.74) is 2.64. The van der Waals surface area contributed by atoms with Crippen molar-refractivity contribution in [1.29, 1.82) is 0 Å². The van der Waals surface area contributed by atoms with Crippen LogP contribution < -0.4 is 13.7 Å². The fourth-order valence-electron chi connectivity index (χ4n) is 3.23. The van der Waals surface area contributed by atoms with Crippen LogP contribution in [0.5, 0.6) is 17.2 Å². The summed E-state index contributed by atoms with van der Waals surface area (Å²) in [6.07, 6.45) is 1.25. The van der Waals surface area contributed by atoms with Gasteiger partial charge in [-0.25, -0.2) is 0 Å². The van der Waals surface area contributed by atoms with Crippen LogP contribution in [0.2, 0.25) is 0 Å². The van der Waals surface area contributed by atoms with E-state index in [4.69, 9.17) is 18.4 Å². The molecule has 3 aromatic carbocycles. The Hall–Kier alpha value is -3.29. The highest BCUT2D eigenvalue weighted by atomic mass is 32.2. The molecule has 1 aliphatic heterocycles. The maximum Gasteiger partial charge on any atom is 0.339 e. The lowest BCUT2D eigenvalue weighted by Crippen LogP contribution is -2.15. The van der Waals surface area contributed by atoms with E-state index in [9.17, 15) is 8.42 Å². The van der Waals surface area contributed by atoms with Crippen molar-refractivity contribution in [1.82, 2.24) is 0 Å². The Morgan fingerprint density at radius 1 is 1.03 bits per heavy atom. The molecule has 4 rings (SSSR count). The van der Waals surface area contributed by atoms with E-state index >= 15 is 0 Å². The molecule has 0 N–H and O–H groups in total. The van der Waals surface area contributed by atoms with Crippen molar-refractivity contribution in [2.45, 2.75) is 24.0 Å². The standard InChI is InChI=1S/C25H24O6S/c1-4-18-7-12-21(28-3)15-23(18)30-25(24-16-29-24)19-8-10-20(11-9-19)31-32(26,27)22-13-5-17(2)6-14-22/h4-15,24-25H,1,16H2,2-3H3/t24-,25-/m1/s1. The highest BCUT2D eigenvalue weighted by Crippen LogP contribution is 2.36. The van der Waals surface area contributed by atoms with Crippen LogP contribution in [0.25, 0.3) is 6.08 Å². The lowest BCUT2D eigenvalue weighted by atomic mass is 10.1. The first-order valence-electron chi connectivity index (χ1n) is 10.1. The van der Waals surface area contributed by atoms with E-state index in [2.05, 4.69) is 6.58 Å². The maximum atomic E-state index is 12.5. The van der Waals surface area contributed by atoms with Gasteiger partial charge in [0, 0.05) is 11.6 Å². The van der Waals surface area contributed by atoms with E-state index < -0.39 is 10.1 Å². The summed E-state index contributed by atoms with van der Waals surface area (Å²) < 4.78 is 47.4. The molecule has 32 heavy (non-hydrogen) atoms. The number of epoxide rings is 1. The SMILES string of the molecule is C=Cc1ccc(OC)cc1O[C@H](c1ccc(OS(=O)(=O)c2ccc(C)cc2)cc1)[C@H]1CO1. The normalized spacial score (nSPS) is 16.1. The summed E-state index contributed by atoms with van der Waals surface area (Å²) in [5.74, 6) is 1.52. The summed E-state index contributed by atoms with van der Waals surface area (Å²) in [5, 5.41) is 0. The van der Waals surface area contributed by atoms with Gasteiger partial charge in [0.05, 0.1) is 13.7 Å². The quantitative estimate of drug-likeness (QED) is 0.338. The highest BCUT2D eigenvalue weighted by Gasteiger charge is 2.36. The van der Waals surface area contributed by atoms with Gasteiger partial charge in [-0.1, -0.05) is 42.5 Å². The van der Waals surface area contributed by atoms with Gasteiger partial charge in [0.25, 0.3) is 0 Å². The first-order chi connectivity index (χ1) is 15.4. The Bertz CT molecular complexity index is 1200. The van der Waals surface area contributed by atoms with Crippen LogP contribution in [0.1, 0.15) is 22.8 Å². The Balaban J connectivity index is 1.54. The molecule has 0 unspecified atom stereocenters. The Kier molecular flexibility index (Phi) is 6.21. The molecule has 0 aromatic heterocycles. The van der Waals surface area contributed by atoms with Crippen molar-refractivity contribution in [2.75, 3.05) is 13.7 Å². The molecular formula is C25H24O6S. The van der Waals surface area contributed by atoms with Gasteiger partial charge in [-0.2, -0.15) is 8.42 Å². The molecule has 0 amide bonds. The van der Waals surface area contributed by atoms with Gasteiger partial charge in [0.15, 0.2) is 6.10 Å². The second kappa shape index (κ2) is 9.06. The number of hydrogen-bond donors (Lipinski definition) is 0. The molecule has 0 spiro atoms. The van der Waals surface area contributed by atoms with Crippen LogP contribution in [0.15, 0.2) is 78.2 Å². The molecule has 166 valence electrons. The number of methoxy groups -OCH3 is 1. The van der Waals surface area contributed by atoms with Gasteiger partial charge < -0.3 is 18.4 Å². The second-order valence-electron chi connectivity index (χ2n) is 7.44. The number of rotatable bonds is 9. The fourth-order valence-corrected chi connectivity index (χ4v) is 4.16. The molecule has 0 radical (unpaired) electrons. The Morgan fingerprint density at radius 3 is 2.28 bits per heavy atom. The maximum absolute atomic E-state index is 12.5. The predicted molar refractivity (Wildman–Crippen MR) is 122 cm³/mol. The molecule has 6 nitrogen and oxygen atoms in total. The van der Waals surface area contributed by atoms with Crippen LogP contribution in [-0.2, 0) is 14.9 Å². The molecule has 2 atom stereocenters. The van der Waals surface area contributed by atoms with Crippen LogP contribution in [-0.4, -0.2) is 28.2 Å². The zero-order valence-corrected chi connectivity index (χ0v) is 18.7. The average molecular weight is 453 g/mol. The monoisotopic (exact) mass is 452 g/mol. The molecular weight excluding hydrogens is 428 g/mol. The molecule has 1 aliphatic rings. The highest BCUT2D eigenvalue weighted by molar-refractivity contribution is 7.87. The summed E-state index contributed by atoms with van der Waals surface area (Å²) in [7, 11) is -2.32. The molecule has 3 aromatic rings. The van der Waals surface area contributed by atoms with Crippen molar-refractivity contribution in [3.8, 4) is 17.2 Å². The predicted octanol–water partition coefficient (Wildman–Crippen LogP) is 4.93. The van der Waals surface area contributed by atoms with Gasteiger partial charge in [-0.15, -0.1) is 0 Å². The molecule has 1 fully saturated rings. The molecule has 0 bridgehead atoms. The third-order valence-electron chi connectivity index (χ3n) is 5.12. The number of aryl methyl sites for hydroxylation is 1. The number of benzene rings is 3. The average Bonchev–Trinajstić information content (AvgIpc) is 3.63. The van der Waals surface area contributed by atoms with E-state index in [1.807, 2.05) is 19.1 Å². The van der Waals surface area contributed by atoms with E-state index in [-0.39, 0.29) is 22.9 Å². The van der Waals surface area contributed by atoms with E-state index in [0.29, 0.717) is 18.1 Å². The second-order valence-corrected chi connectivity index (χ2v) is 8.98. The van der Waals surface area contributed by atoms with Gasteiger partial charge in [-0.05, 0) is 48.9 Å². The van der Waals surface area contributed by atoms with Gasteiger partial charge in [-0.3, -0.25) is 0 Å². The van der Waals surface area contributed by atoms with Crippen LogP contribution >= 0.6 is 0 Å².